The van der Waals surface area contributed by atoms with Crippen LogP contribution in [0.25, 0.3) is 0 Å². The molecule has 2 aliphatic rings. The standard InChI is InChI=1S/C20H29N3O2/c21-20(25)17-9-12-22(13-10-17)19(24)15-23-11-5-4-8-18(23)14-16-6-2-1-3-7-16/h1-3,6-7,17-18H,4-5,8-15H2,(H2,21,25). The van der Waals surface area contributed by atoms with Crippen LogP contribution in [0, 0.1) is 5.92 Å². The molecule has 2 amide bonds. The number of nitrogens with two attached hydrogens (primary N) is 1. The van der Waals surface area contributed by atoms with Crippen LogP contribution in [0.3, 0.4) is 0 Å². The first kappa shape index (κ1) is 17.9. The van der Waals surface area contributed by atoms with E-state index in [0.717, 1.165) is 19.4 Å². The molecule has 1 aromatic carbocycles. The topological polar surface area (TPSA) is 66.6 Å². The fourth-order valence-electron chi connectivity index (χ4n) is 4.07. The Morgan fingerprint density at radius 1 is 1.00 bits per heavy atom. The molecule has 3 rings (SSSR count). The molecule has 1 unspecified atom stereocenters. The van der Waals surface area contributed by atoms with Crippen LogP contribution in [-0.4, -0.2) is 53.8 Å². The first-order valence-electron chi connectivity index (χ1n) is 9.48. The van der Waals surface area contributed by atoms with Crippen molar-refractivity contribution >= 4 is 11.8 Å². The molecule has 0 radical (unpaired) electrons. The smallest absolute Gasteiger partial charge is 0.236 e. The van der Waals surface area contributed by atoms with Gasteiger partial charge >= 0.3 is 0 Å². The Morgan fingerprint density at radius 2 is 1.72 bits per heavy atom. The summed E-state index contributed by atoms with van der Waals surface area (Å²) in [4.78, 5) is 28.3. The summed E-state index contributed by atoms with van der Waals surface area (Å²) >= 11 is 0. The van der Waals surface area contributed by atoms with Crippen molar-refractivity contribution in [1.29, 1.82) is 0 Å². The van der Waals surface area contributed by atoms with Crippen molar-refractivity contribution in [1.82, 2.24) is 9.80 Å². The molecule has 0 spiro atoms. The highest BCUT2D eigenvalue weighted by Gasteiger charge is 2.29. The molecule has 5 heteroatoms. The van der Waals surface area contributed by atoms with E-state index in [1.807, 2.05) is 11.0 Å². The minimum Gasteiger partial charge on any atom is -0.369 e. The monoisotopic (exact) mass is 343 g/mol. The maximum Gasteiger partial charge on any atom is 0.236 e. The van der Waals surface area contributed by atoms with Crippen molar-refractivity contribution in [2.45, 2.75) is 44.6 Å². The van der Waals surface area contributed by atoms with Gasteiger partial charge in [0.15, 0.2) is 0 Å². The zero-order chi connectivity index (χ0) is 17.6. The number of carbonyl (C=O) groups is 2. The molecular formula is C20H29N3O2. The SMILES string of the molecule is NC(=O)C1CCN(C(=O)CN2CCCCC2Cc2ccccc2)CC1. The van der Waals surface area contributed by atoms with E-state index in [4.69, 9.17) is 5.73 Å². The summed E-state index contributed by atoms with van der Waals surface area (Å²) in [5, 5.41) is 0. The molecule has 0 bridgehead atoms. The van der Waals surface area contributed by atoms with Crippen LogP contribution in [-0.2, 0) is 16.0 Å². The number of nitrogens with zero attached hydrogens (tertiary/aromatic N) is 2. The second-order valence-electron chi connectivity index (χ2n) is 7.37. The van der Waals surface area contributed by atoms with Crippen LogP contribution in [0.4, 0.5) is 0 Å². The number of piperidine rings is 2. The largest absolute Gasteiger partial charge is 0.369 e. The first-order valence-corrected chi connectivity index (χ1v) is 9.48. The second-order valence-corrected chi connectivity index (χ2v) is 7.37. The second kappa shape index (κ2) is 8.48. The van der Waals surface area contributed by atoms with Crippen LogP contribution < -0.4 is 5.73 Å². The number of likely N-dealkylation sites (tertiary alicyclic amines) is 2. The third-order valence-corrected chi connectivity index (χ3v) is 5.65. The number of benzene rings is 1. The normalized spacial score (nSPS) is 22.7. The number of hydrogen-bond acceptors (Lipinski definition) is 3. The third-order valence-electron chi connectivity index (χ3n) is 5.65. The molecule has 1 atom stereocenters. The minimum atomic E-state index is -0.231. The predicted octanol–water partition coefficient (Wildman–Crippen LogP) is 1.81. The zero-order valence-corrected chi connectivity index (χ0v) is 14.9. The lowest BCUT2D eigenvalue weighted by Gasteiger charge is -2.38. The Labute approximate surface area is 150 Å². The fraction of sp³-hybridized carbons (Fsp3) is 0.600. The van der Waals surface area contributed by atoms with E-state index in [0.29, 0.717) is 38.5 Å². The number of rotatable bonds is 5. The van der Waals surface area contributed by atoms with Crippen molar-refractivity contribution < 1.29 is 9.59 Å². The Kier molecular flexibility index (Phi) is 6.08. The summed E-state index contributed by atoms with van der Waals surface area (Å²) in [6.45, 7) is 2.81. The van der Waals surface area contributed by atoms with Crippen molar-refractivity contribution in [3.63, 3.8) is 0 Å². The number of amides is 2. The summed E-state index contributed by atoms with van der Waals surface area (Å²) in [5.74, 6) is -0.0983. The summed E-state index contributed by atoms with van der Waals surface area (Å²) < 4.78 is 0. The molecule has 25 heavy (non-hydrogen) atoms. The third kappa shape index (κ3) is 4.82. The quantitative estimate of drug-likeness (QED) is 0.887. The van der Waals surface area contributed by atoms with Gasteiger partial charge in [0.25, 0.3) is 0 Å². The van der Waals surface area contributed by atoms with Gasteiger partial charge in [0.05, 0.1) is 6.54 Å². The molecule has 2 saturated heterocycles. The summed E-state index contributed by atoms with van der Waals surface area (Å²) in [6, 6.07) is 11.0. The van der Waals surface area contributed by atoms with Gasteiger partial charge in [0.2, 0.25) is 11.8 Å². The van der Waals surface area contributed by atoms with Crippen molar-refractivity contribution in [3.8, 4) is 0 Å². The van der Waals surface area contributed by atoms with Gasteiger partial charge in [-0.1, -0.05) is 36.8 Å². The molecule has 0 aliphatic carbocycles. The van der Waals surface area contributed by atoms with Gasteiger partial charge in [0.1, 0.15) is 0 Å². The zero-order valence-electron chi connectivity index (χ0n) is 14.9. The number of carbonyl (C=O) groups excluding carboxylic acids is 2. The van der Waals surface area contributed by atoms with Gasteiger partial charge in [-0.15, -0.1) is 0 Å². The van der Waals surface area contributed by atoms with Gasteiger partial charge in [0, 0.05) is 25.0 Å². The fourth-order valence-corrected chi connectivity index (χ4v) is 4.07. The maximum absolute atomic E-state index is 12.7. The van der Waals surface area contributed by atoms with Gasteiger partial charge in [-0.2, -0.15) is 0 Å². The van der Waals surface area contributed by atoms with E-state index in [-0.39, 0.29) is 17.7 Å². The minimum absolute atomic E-state index is 0.0649. The summed E-state index contributed by atoms with van der Waals surface area (Å²) in [7, 11) is 0. The molecule has 1 aromatic rings. The molecule has 2 heterocycles. The Morgan fingerprint density at radius 3 is 2.40 bits per heavy atom. The van der Waals surface area contributed by atoms with E-state index < -0.39 is 0 Å². The average Bonchev–Trinajstić information content (AvgIpc) is 2.64. The summed E-state index contributed by atoms with van der Waals surface area (Å²) in [5.41, 5.74) is 6.72. The molecule has 0 aromatic heterocycles. The lowest BCUT2D eigenvalue weighted by molar-refractivity contribution is -0.136. The van der Waals surface area contributed by atoms with Crippen molar-refractivity contribution in [2.24, 2.45) is 11.7 Å². The van der Waals surface area contributed by atoms with Gasteiger partial charge < -0.3 is 10.6 Å². The van der Waals surface area contributed by atoms with Crippen molar-refractivity contribution in [2.75, 3.05) is 26.2 Å². The first-order chi connectivity index (χ1) is 12.1. The number of primary amides is 1. The van der Waals surface area contributed by atoms with Gasteiger partial charge in [-0.05, 0) is 44.2 Å². The number of hydrogen-bond donors (Lipinski definition) is 1. The van der Waals surface area contributed by atoms with Crippen LogP contribution in [0.15, 0.2) is 30.3 Å². The van der Waals surface area contributed by atoms with E-state index in [1.165, 1.54) is 18.4 Å². The summed E-state index contributed by atoms with van der Waals surface area (Å²) in [6.07, 6.45) is 5.99. The maximum atomic E-state index is 12.7. The van der Waals surface area contributed by atoms with Crippen LogP contribution in [0.5, 0.6) is 0 Å². The van der Waals surface area contributed by atoms with E-state index in [9.17, 15) is 9.59 Å². The van der Waals surface area contributed by atoms with E-state index in [2.05, 4.69) is 29.2 Å². The highest BCUT2D eigenvalue weighted by Crippen LogP contribution is 2.22. The van der Waals surface area contributed by atoms with E-state index in [1.54, 1.807) is 0 Å². The Bertz CT molecular complexity index is 582. The molecule has 2 fully saturated rings. The molecular weight excluding hydrogens is 314 g/mol. The lowest BCUT2D eigenvalue weighted by Crippen LogP contribution is -2.49. The van der Waals surface area contributed by atoms with Crippen molar-refractivity contribution in [3.05, 3.63) is 35.9 Å². The van der Waals surface area contributed by atoms with Gasteiger partial charge in [-0.3, -0.25) is 14.5 Å². The lowest BCUT2D eigenvalue weighted by atomic mass is 9.95. The predicted molar refractivity (Wildman–Crippen MR) is 97.9 cm³/mol. The molecule has 0 saturated carbocycles. The average molecular weight is 343 g/mol. The molecule has 5 nitrogen and oxygen atoms in total. The van der Waals surface area contributed by atoms with Crippen LogP contribution in [0.2, 0.25) is 0 Å². The van der Waals surface area contributed by atoms with E-state index >= 15 is 0 Å². The highest BCUT2D eigenvalue weighted by molar-refractivity contribution is 5.80. The van der Waals surface area contributed by atoms with Crippen LogP contribution >= 0.6 is 0 Å². The molecule has 2 aliphatic heterocycles. The van der Waals surface area contributed by atoms with Crippen LogP contribution in [0.1, 0.15) is 37.7 Å². The molecule has 2 N–H and O–H groups in total. The van der Waals surface area contributed by atoms with Gasteiger partial charge in [-0.25, -0.2) is 0 Å². The highest BCUT2D eigenvalue weighted by atomic mass is 16.2. The molecule has 136 valence electrons. The Hall–Kier alpha value is -1.88. The Balaban J connectivity index is 1.54.